The van der Waals surface area contributed by atoms with Crippen LogP contribution in [0.1, 0.15) is 22.9 Å². The third kappa shape index (κ3) is 3.70. The molecular formula is C22H21ClN2O5S. The van der Waals surface area contributed by atoms with Gasteiger partial charge in [0.05, 0.1) is 18.0 Å². The van der Waals surface area contributed by atoms with E-state index in [0.29, 0.717) is 5.56 Å². The Balaban J connectivity index is 2.01. The fourth-order valence-electron chi connectivity index (χ4n) is 4.25. The number of carbonyl (C=O) groups excluding carboxylic acids is 2. The summed E-state index contributed by atoms with van der Waals surface area (Å²) >= 11 is 5.91. The average Bonchev–Trinajstić information content (AvgIpc) is 3.14. The smallest absolute Gasteiger partial charge is 0.328 e. The Morgan fingerprint density at radius 3 is 2.61 bits per heavy atom. The van der Waals surface area contributed by atoms with Crippen molar-refractivity contribution in [2.75, 3.05) is 19.2 Å². The van der Waals surface area contributed by atoms with E-state index >= 15 is 0 Å². The lowest BCUT2D eigenvalue weighted by molar-refractivity contribution is -0.154. The molecule has 0 aliphatic carbocycles. The summed E-state index contributed by atoms with van der Waals surface area (Å²) in [6.45, 7) is 0. The zero-order valence-electron chi connectivity index (χ0n) is 17.0. The van der Waals surface area contributed by atoms with Gasteiger partial charge in [0.2, 0.25) is 5.91 Å². The third-order valence-electron chi connectivity index (χ3n) is 5.61. The van der Waals surface area contributed by atoms with Crippen molar-refractivity contribution < 1.29 is 22.7 Å². The van der Waals surface area contributed by atoms with Crippen molar-refractivity contribution >= 4 is 44.2 Å². The highest BCUT2D eigenvalue weighted by Crippen LogP contribution is 2.41. The van der Waals surface area contributed by atoms with Crippen molar-refractivity contribution in [3.63, 3.8) is 0 Å². The van der Waals surface area contributed by atoms with Crippen LogP contribution in [0.15, 0.2) is 53.4 Å². The third-order valence-corrected chi connectivity index (χ3v) is 6.95. The average molecular weight is 461 g/mol. The molecule has 0 unspecified atom stereocenters. The number of aromatic amines is 1. The number of methoxy groups -OCH3 is 1. The molecule has 0 saturated carbocycles. The number of nitrogens with zero attached hydrogens (tertiary/aromatic N) is 1. The van der Waals surface area contributed by atoms with Crippen LogP contribution < -0.4 is 0 Å². The Morgan fingerprint density at radius 2 is 1.94 bits per heavy atom. The quantitative estimate of drug-likeness (QED) is 0.477. The van der Waals surface area contributed by atoms with Gasteiger partial charge in [-0.25, -0.2) is 13.2 Å². The molecule has 3 aromatic rings. The second kappa shape index (κ2) is 8.01. The van der Waals surface area contributed by atoms with Gasteiger partial charge in [-0.05, 0) is 29.3 Å². The van der Waals surface area contributed by atoms with E-state index in [1.54, 1.807) is 12.1 Å². The van der Waals surface area contributed by atoms with Crippen LogP contribution in [0.5, 0.6) is 0 Å². The van der Waals surface area contributed by atoms with E-state index in [-0.39, 0.29) is 17.2 Å². The SMILES string of the molecule is COC(=O)[C@H]1Cc2c([nH]c3ccccc23)[C@H](c2cccc(S(C)(=O)=O)c2)N1C(=O)CCl. The van der Waals surface area contributed by atoms with E-state index in [2.05, 4.69) is 4.98 Å². The molecule has 0 saturated heterocycles. The lowest BCUT2D eigenvalue weighted by Crippen LogP contribution is -2.52. The lowest BCUT2D eigenvalue weighted by atomic mass is 9.88. The fraction of sp³-hybridized carbons (Fsp3) is 0.273. The molecule has 4 rings (SSSR count). The number of rotatable bonds is 4. The molecule has 0 bridgehead atoms. The molecule has 2 aromatic carbocycles. The number of carbonyl (C=O) groups is 2. The maximum Gasteiger partial charge on any atom is 0.328 e. The number of fused-ring (bicyclic) bond motifs is 3. The molecule has 1 N–H and O–H groups in total. The number of sulfone groups is 1. The Labute approximate surface area is 184 Å². The van der Waals surface area contributed by atoms with E-state index in [1.165, 1.54) is 24.1 Å². The van der Waals surface area contributed by atoms with Crippen molar-refractivity contribution in [2.24, 2.45) is 0 Å². The highest BCUT2D eigenvalue weighted by molar-refractivity contribution is 7.90. The first-order chi connectivity index (χ1) is 14.8. The van der Waals surface area contributed by atoms with Crippen LogP contribution in [-0.4, -0.2) is 55.5 Å². The second-order valence-corrected chi connectivity index (χ2v) is 9.77. The summed E-state index contributed by atoms with van der Waals surface area (Å²) in [5, 5.41) is 0.939. The molecule has 7 nitrogen and oxygen atoms in total. The molecule has 1 aliphatic rings. The van der Waals surface area contributed by atoms with Crippen molar-refractivity contribution in [1.82, 2.24) is 9.88 Å². The molecule has 1 aliphatic heterocycles. The zero-order chi connectivity index (χ0) is 22.3. The topological polar surface area (TPSA) is 96.5 Å². The summed E-state index contributed by atoms with van der Waals surface area (Å²) in [6, 6.07) is 12.4. The van der Waals surface area contributed by atoms with Crippen LogP contribution >= 0.6 is 11.6 Å². The molecule has 2 atom stereocenters. The number of hydrogen-bond donors (Lipinski definition) is 1. The molecule has 1 amide bonds. The number of alkyl halides is 1. The summed E-state index contributed by atoms with van der Waals surface area (Å²) in [5.74, 6) is -1.33. The first-order valence-corrected chi connectivity index (χ1v) is 12.0. The monoisotopic (exact) mass is 460 g/mol. The van der Waals surface area contributed by atoms with Gasteiger partial charge in [-0.2, -0.15) is 0 Å². The van der Waals surface area contributed by atoms with Gasteiger partial charge < -0.3 is 14.6 Å². The maximum absolute atomic E-state index is 12.9. The standard InChI is InChI=1S/C22H21ClN2O5S/c1-30-22(27)18-11-16-15-8-3-4-9-17(15)24-20(16)21(25(18)19(26)12-23)13-6-5-7-14(10-13)31(2,28)29/h3-10,18,21,24H,11-12H2,1-2H3/t18-,21+/m1/s1. The number of halogens is 1. The summed E-state index contributed by atoms with van der Waals surface area (Å²) in [4.78, 5) is 30.5. The van der Waals surface area contributed by atoms with E-state index in [0.717, 1.165) is 28.4 Å². The Morgan fingerprint density at radius 1 is 1.19 bits per heavy atom. The second-order valence-electron chi connectivity index (χ2n) is 7.49. The minimum atomic E-state index is -3.48. The highest BCUT2D eigenvalue weighted by atomic mass is 35.5. The predicted octanol–water partition coefficient (Wildman–Crippen LogP) is 2.83. The fourth-order valence-corrected chi connectivity index (χ4v) is 5.06. The van der Waals surface area contributed by atoms with Crippen molar-refractivity contribution in [3.05, 3.63) is 65.4 Å². The first kappa shape index (κ1) is 21.4. The number of esters is 1. The van der Waals surface area contributed by atoms with Gasteiger partial charge in [0, 0.05) is 29.3 Å². The molecule has 31 heavy (non-hydrogen) atoms. The van der Waals surface area contributed by atoms with Crippen molar-refractivity contribution in [2.45, 2.75) is 23.4 Å². The van der Waals surface area contributed by atoms with Crippen LogP contribution in [0, 0.1) is 0 Å². The first-order valence-electron chi connectivity index (χ1n) is 9.60. The van der Waals surface area contributed by atoms with Gasteiger partial charge in [0.15, 0.2) is 9.84 Å². The number of amides is 1. The molecule has 0 radical (unpaired) electrons. The largest absolute Gasteiger partial charge is 0.467 e. The number of ether oxygens (including phenoxy) is 1. The van der Waals surface area contributed by atoms with Gasteiger partial charge in [-0.1, -0.05) is 30.3 Å². The minimum Gasteiger partial charge on any atom is -0.467 e. The minimum absolute atomic E-state index is 0.126. The Hall–Kier alpha value is -2.84. The molecular weight excluding hydrogens is 440 g/mol. The number of nitrogens with one attached hydrogen (secondary N) is 1. The number of aromatic nitrogens is 1. The number of para-hydroxylation sites is 1. The molecule has 162 valence electrons. The van der Waals surface area contributed by atoms with Gasteiger partial charge in [0.25, 0.3) is 0 Å². The molecule has 0 fully saturated rings. The summed E-state index contributed by atoms with van der Waals surface area (Å²) in [6.07, 6.45) is 1.39. The van der Waals surface area contributed by atoms with Crippen LogP contribution in [-0.2, 0) is 30.6 Å². The number of H-pyrrole nitrogens is 1. The van der Waals surface area contributed by atoms with Gasteiger partial charge in [0.1, 0.15) is 11.9 Å². The Kier molecular flexibility index (Phi) is 5.53. The molecule has 2 heterocycles. The van der Waals surface area contributed by atoms with E-state index in [1.807, 2.05) is 24.3 Å². The number of benzene rings is 2. The number of hydrogen-bond acceptors (Lipinski definition) is 5. The van der Waals surface area contributed by atoms with E-state index in [9.17, 15) is 18.0 Å². The van der Waals surface area contributed by atoms with E-state index in [4.69, 9.17) is 16.3 Å². The van der Waals surface area contributed by atoms with Gasteiger partial charge >= 0.3 is 5.97 Å². The van der Waals surface area contributed by atoms with Crippen molar-refractivity contribution in [3.8, 4) is 0 Å². The summed E-state index contributed by atoms with van der Waals surface area (Å²) < 4.78 is 29.3. The Bertz CT molecular complexity index is 1280. The van der Waals surface area contributed by atoms with Gasteiger partial charge in [-0.3, -0.25) is 4.79 Å². The predicted molar refractivity (Wildman–Crippen MR) is 117 cm³/mol. The molecule has 0 spiro atoms. The van der Waals surface area contributed by atoms with Crippen LogP contribution in [0.4, 0.5) is 0 Å². The van der Waals surface area contributed by atoms with Crippen LogP contribution in [0.25, 0.3) is 10.9 Å². The summed E-state index contributed by atoms with van der Waals surface area (Å²) in [5.41, 5.74) is 3.04. The molecule has 9 heteroatoms. The van der Waals surface area contributed by atoms with Crippen LogP contribution in [0.3, 0.4) is 0 Å². The van der Waals surface area contributed by atoms with Crippen molar-refractivity contribution in [1.29, 1.82) is 0 Å². The lowest BCUT2D eigenvalue weighted by Gasteiger charge is -2.40. The van der Waals surface area contributed by atoms with Crippen LogP contribution in [0.2, 0.25) is 0 Å². The van der Waals surface area contributed by atoms with E-state index < -0.39 is 33.8 Å². The van der Waals surface area contributed by atoms with Gasteiger partial charge in [-0.15, -0.1) is 11.6 Å². The normalized spacial score (nSPS) is 18.6. The molecule has 1 aromatic heterocycles. The summed E-state index contributed by atoms with van der Waals surface area (Å²) in [7, 11) is -2.20. The maximum atomic E-state index is 12.9. The highest BCUT2D eigenvalue weighted by Gasteiger charge is 2.43. The zero-order valence-corrected chi connectivity index (χ0v) is 18.5.